The lowest BCUT2D eigenvalue weighted by Crippen LogP contribution is -2.39. The zero-order chi connectivity index (χ0) is 23.3. The van der Waals surface area contributed by atoms with Crippen LogP contribution in [-0.4, -0.2) is 36.5 Å². The van der Waals surface area contributed by atoms with Gasteiger partial charge in [-0.1, -0.05) is 26.0 Å². The van der Waals surface area contributed by atoms with E-state index in [0.29, 0.717) is 36.3 Å². The van der Waals surface area contributed by atoms with Crippen LogP contribution in [0.15, 0.2) is 42.5 Å². The highest BCUT2D eigenvalue weighted by atomic mass is 16.6. The molecule has 2 aromatic carbocycles. The smallest absolute Gasteiger partial charge is 0.338 e. The number of carbonyl (C=O) groups is 2. The van der Waals surface area contributed by atoms with Crippen LogP contribution in [0.5, 0.6) is 0 Å². The third-order valence-corrected chi connectivity index (χ3v) is 5.27. The fourth-order valence-corrected chi connectivity index (χ4v) is 4.01. The number of piperidine rings is 1. The number of amides is 1. The Kier molecular flexibility index (Phi) is 7.05. The van der Waals surface area contributed by atoms with Crippen LogP contribution in [0.2, 0.25) is 0 Å². The van der Waals surface area contributed by atoms with Gasteiger partial charge in [-0.2, -0.15) is 5.26 Å². The van der Waals surface area contributed by atoms with Crippen molar-refractivity contribution in [2.75, 3.05) is 29.9 Å². The lowest BCUT2D eigenvalue weighted by atomic mass is 9.91. The number of carbonyl (C=O) groups excluding carboxylic acids is 2. The molecule has 32 heavy (non-hydrogen) atoms. The number of ether oxygens (including phenoxy) is 1. The van der Waals surface area contributed by atoms with Gasteiger partial charge in [0, 0.05) is 19.2 Å². The molecule has 0 radical (unpaired) electrons. The number of rotatable bonds is 6. The molecule has 1 amide bonds. The highest BCUT2D eigenvalue weighted by molar-refractivity contribution is 5.96. The van der Waals surface area contributed by atoms with Crippen LogP contribution in [0, 0.1) is 33.3 Å². The van der Waals surface area contributed by atoms with Gasteiger partial charge in [0.2, 0.25) is 0 Å². The van der Waals surface area contributed by atoms with Crippen molar-refractivity contribution >= 4 is 28.9 Å². The minimum atomic E-state index is -0.844. The third kappa shape index (κ3) is 5.40. The maximum Gasteiger partial charge on any atom is 0.338 e. The van der Waals surface area contributed by atoms with Crippen molar-refractivity contribution in [2.45, 2.75) is 20.3 Å². The summed E-state index contributed by atoms with van der Waals surface area (Å²) in [6.45, 7) is 5.05. The predicted molar refractivity (Wildman–Crippen MR) is 118 cm³/mol. The number of nitro benzene ring substituents is 1. The lowest BCUT2D eigenvalue weighted by Gasteiger charge is -2.36. The number of anilines is 2. The van der Waals surface area contributed by atoms with E-state index < -0.39 is 23.4 Å². The number of esters is 1. The van der Waals surface area contributed by atoms with Gasteiger partial charge >= 0.3 is 5.97 Å². The molecule has 9 nitrogen and oxygen atoms in total. The van der Waals surface area contributed by atoms with Crippen LogP contribution in [0.4, 0.5) is 17.1 Å². The summed E-state index contributed by atoms with van der Waals surface area (Å²) < 4.78 is 5.02. The van der Waals surface area contributed by atoms with Crippen molar-refractivity contribution in [2.24, 2.45) is 11.8 Å². The van der Waals surface area contributed by atoms with Crippen molar-refractivity contribution in [3.8, 4) is 6.07 Å². The van der Waals surface area contributed by atoms with E-state index in [4.69, 9.17) is 10.00 Å². The SMILES string of the molecule is C[C@H]1C[C@H](C)CN(c2ccc(C(=O)OCC(=O)Nc3ccccc3C#N)cc2[N+](=O)[O-])C1. The first-order chi connectivity index (χ1) is 15.3. The molecule has 166 valence electrons. The standard InChI is InChI=1S/C23H24N4O5/c1-15-9-16(2)13-26(12-15)20-8-7-17(10-21(20)27(30)31)23(29)32-14-22(28)25-19-6-4-3-5-18(19)11-24/h3-8,10,15-16H,9,12-14H2,1-2H3,(H,25,28)/t15-,16-/m0/s1. The van der Waals surface area contributed by atoms with Crippen molar-refractivity contribution < 1.29 is 19.2 Å². The molecule has 9 heteroatoms. The molecule has 1 heterocycles. The number of hydrogen-bond donors (Lipinski definition) is 1. The molecule has 0 unspecified atom stereocenters. The number of para-hydroxylation sites is 1. The zero-order valence-electron chi connectivity index (χ0n) is 17.9. The Morgan fingerprint density at radius 2 is 1.91 bits per heavy atom. The minimum Gasteiger partial charge on any atom is -0.452 e. The van der Waals surface area contributed by atoms with E-state index in [1.54, 1.807) is 30.3 Å². The quantitative estimate of drug-likeness (QED) is 0.415. The fraction of sp³-hybridized carbons (Fsp3) is 0.348. The topological polar surface area (TPSA) is 126 Å². The van der Waals surface area contributed by atoms with Crippen molar-refractivity contribution in [3.05, 3.63) is 63.7 Å². The first-order valence-electron chi connectivity index (χ1n) is 10.3. The van der Waals surface area contributed by atoms with E-state index in [1.165, 1.54) is 12.1 Å². The molecule has 0 bridgehead atoms. The molecule has 0 spiro atoms. The predicted octanol–water partition coefficient (Wildman–Crippen LogP) is 3.74. The van der Waals surface area contributed by atoms with Crippen LogP contribution in [0.3, 0.4) is 0 Å². The molecule has 1 aliphatic heterocycles. The minimum absolute atomic E-state index is 0.0104. The highest BCUT2D eigenvalue weighted by Crippen LogP contribution is 2.34. The number of nitro groups is 1. The number of nitriles is 1. The summed E-state index contributed by atoms with van der Waals surface area (Å²) in [4.78, 5) is 37.6. The average molecular weight is 436 g/mol. The van der Waals surface area contributed by atoms with E-state index in [-0.39, 0.29) is 16.8 Å². The van der Waals surface area contributed by atoms with Crippen molar-refractivity contribution in [1.29, 1.82) is 5.26 Å². The van der Waals surface area contributed by atoms with Crippen LogP contribution in [0.25, 0.3) is 0 Å². The normalized spacial score (nSPS) is 17.8. The summed E-state index contributed by atoms with van der Waals surface area (Å²) in [6.07, 6.45) is 1.07. The van der Waals surface area contributed by atoms with Gasteiger partial charge in [-0.3, -0.25) is 14.9 Å². The van der Waals surface area contributed by atoms with E-state index >= 15 is 0 Å². The van der Waals surface area contributed by atoms with Crippen LogP contribution >= 0.6 is 0 Å². The average Bonchev–Trinajstić information content (AvgIpc) is 2.76. The molecule has 0 aliphatic carbocycles. The Hall–Kier alpha value is -3.93. The molecule has 1 fully saturated rings. The summed E-state index contributed by atoms with van der Waals surface area (Å²) in [5, 5.41) is 23.2. The van der Waals surface area contributed by atoms with E-state index in [0.717, 1.165) is 6.42 Å². The largest absolute Gasteiger partial charge is 0.452 e. The van der Waals surface area contributed by atoms with Gasteiger partial charge in [0.15, 0.2) is 6.61 Å². The highest BCUT2D eigenvalue weighted by Gasteiger charge is 2.28. The van der Waals surface area contributed by atoms with Gasteiger partial charge in [-0.15, -0.1) is 0 Å². The maximum atomic E-state index is 12.4. The summed E-state index contributed by atoms with van der Waals surface area (Å²) >= 11 is 0. The lowest BCUT2D eigenvalue weighted by molar-refractivity contribution is -0.384. The Bertz CT molecular complexity index is 1070. The molecule has 2 aromatic rings. The van der Waals surface area contributed by atoms with Gasteiger partial charge in [0.25, 0.3) is 11.6 Å². The van der Waals surface area contributed by atoms with E-state index in [1.807, 2.05) is 11.0 Å². The number of nitrogens with zero attached hydrogens (tertiary/aromatic N) is 3. The van der Waals surface area contributed by atoms with Crippen LogP contribution in [0.1, 0.15) is 36.2 Å². The van der Waals surface area contributed by atoms with Gasteiger partial charge in [0.1, 0.15) is 11.8 Å². The summed E-state index contributed by atoms with van der Waals surface area (Å²) in [5.74, 6) is -0.646. The van der Waals surface area contributed by atoms with E-state index in [9.17, 15) is 19.7 Å². The van der Waals surface area contributed by atoms with Crippen molar-refractivity contribution in [3.63, 3.8) is 0 Å². The Morgan fingerprint density at radius 1 is 1.22 bits per heavy atom. The molecule has 0 aromatic heterocycles. The molecule has 1 N–H and O–H groups in total. The maximum absolute atomic E-state index is 12.4. The van der Waals surface area contributed by atoms with Crippen molar-refractivity contribution in [1.82, 2.24) is 0 Å². The third-order valence-electron chi connectivity index (χ3n) is 5.27. The number of hydrogen-bond acceptors (Lipinski definition) is 7. The molecule has 3 rings (SSSR count). The zero-order valence-corrected chi connectivity index (χ0v) is 17.9. The first kappa shape index (κ1) is 22.7. The summed E-state index contributed by atoms with van der Waals surface area (Å²) in [7, 11) is 0. The Balaban J connectivity index is 1.69. The molecule has 2 atom stereocenters. The van der Waals surface area contributed by atoms with Crippen LogP contribution in [-0.2, 0) is 9.53 Å². The van der Waals surface area contributed by atoms with Crippen LogP contribution < -0.4 is 10.2 Å². The molecular formula is C23H24N4O5. The number of benzene rings is 2. The second-order valence-electron chi connectivity index (χ2n) is 8.09. The fourth-order valence-electron chi connectivity index (χ4n) is 4.01. The van der Waals surface area contributed by atoms with Gasteiger partial charge in [0.05, 0.1) is 21.7 Å². The summed E-state index contributed by atoms with van der Waals surface area (Å²) in [5.41, 5.74) is 0.869. The van der Waals surface area contributed by atoms with Gasteiger partial charge < -0.3 is 15.0 Å². The van der Waals surface area contributed by atoms with Gasteiger partial charge in [-0.25, -0.2) is 4.79 Å². The van der Waals surface area contributed by atoms with Gasteiger partial charge in [-0.05, 0) is 42.5 Å². The second kappa shape index (κ2) is 9.92. The molecule has 1 saturated heterocycles. The molecule has 1 aliphatic rings. The second-order valence-corrected chi connectivity index (χ2v) is 8.09. The number of nitrogens with one attached hydrogen (secondary N) is 1. The molecule has 0 saturated carbocycles. The first-order valence-corrected chi connectivity index (χ1v) is 10.3. The monoisotopic (exact) mass is 436 g/mol. The van der Waals surface area contributed by atoms with E-state index in [2.05, 4.69) is 19.2 Å². The molecular weight excluding hydrogens is 412 g/mol. The summed E-state index contributed by atoms with van der Waals surface area (Å²) in [6, 6.07) is 12.6. The Morgan fingerprint density at radius 3 is 2.56 bits per heavy atom. The Labute approximate surface area is 185 Å².